The minimum atomic E-state index is 0.822. The Morgan fingerprint density at radius 1 is 0.615 bits per heavy atom. The second-order valence-electron chi connectivity index (χ2n) is 11.4. The van der Waals surface area contributed by atoms with Gasteiger partial charge in [0.15, 0.2) is 0 Å². The second-order valence-corrected chi connectivity index (χ2v) is 11.4. The molecule has 2 aliphatic heterocycles. The van der Waals surface area contributed by atoms with Gasteiger partial charge in [0, 0.05) is 31.7 Å². The molecule has 7 aliphatic rings. The molecule has 7 fully saturated rings. The van der Waals surface area contributed by atoms with Crippen LogP contribution in [0.4, 0.5) is 0 Å². The summed E-state index contributed by atoms with van der Waals surface area (Å²) in [5, 5.41) is 0. The first-order valence-corrected chi connectivity index (χ1v) is 12.3. The van der Waals surface area contributed by atoms with Crippen molar-refractivity contribution in [3.8, 4) is 0 Å². The molecule has 0 aromatic carbocycles. The average molecular weight is 357 g/mol. The van der Waals surface area contributed by atoms with E-state index in [0.29, 0.717) is 0 Å². The minimum Gasteiger partial charge on any atom is -0.298 e. The molecule has 146 valence electrons. The molecule has 2 heteroatoms. The van der Waals surface area contributed by atoms with Crippen LogP contribution in [0.1, 0.15) is 83.5 Å². The molecule has 5 aliphatic carbocycles. The molecule has 5 saturated carbocycles. The largest absolute Gasteiger partial charge is 0.298 e. The summed E-state index contributed by atoms with van der Waals surface area (Å²) in [6, 6.07) is 1.92. The van der Waals surface area contributed by atoms with Crippen molar-refractivity contribution in [3.63, 3.8) is 0 Å². The third-order valence-electron chi connectivity index (χ3n) is 10.1. The Morgan fingerprint density at radius 3 is 2.23 bits per heavy atom. The minimum absolute atomic E-state index is 0.822. The average Bonchev–Trinajstić information content (AvgIpc) is 3.29. The van der Waals surface area contributed by atoms with E-state index in [9.17, 15) is 0 Å². The van der Waals surface area contributed by atoms with Gasteiger partial charge in [0.2, 0.25) is 0 Å². The molecule has 2 saturated heterocycles. The number of rotatable bonds is 2. The van der Waals surface area contributed by atoms with E-state index in [4.69, 9.17) is 0 Å². The standard InChI is InChI=1S/C24H40N2/c1-2-7-24(8-3-1)9-6-18(16-24)19-13-20-15-21(14-19)23(20)26-12-11-25-10-4-5-22(25)17-26/h18-23H,1-17H2. The van der Waals surface area contributed by atoms with Crippen molar-refractivity contribution in [2.45, 2.75) is 95.6 Å². The Morgan fingerprint density at radius 2 is 1.38 bits per heavy atom. The predicted octanol–water partition coefficient (Wildman–Crippen LogP) is 4.93. The first-order valence-electron chi connectivity index (χ1n) is 12.3. The zero-order valence-electron chi connectivity index (χ0n) is 16.9. The summed E-state index contributed by atoms with van der Waals surface area (Å²) in [5.41, 5.74) is 0.822. The van der Waals surface area contributed by atoms with Crippen LogP contribution >= 0.6 is 0 Å². The van der Waals surface area contributed by atoms with Crippen LogP contribution in [0.15, 0.2) is 0 Å². The van der Waals surface area contributed by atoms with E-state index in [1.54, 1.807) is 51.4 Å². The highest BCUT2D eigenvalue weighted by Crippen LogP contribution is 2.59. The van der Waals surface area contributed by atoms with Crippen LogP contribution in [0.2, 0.25) is 0 Å². The Hall–Kier alpha value is -0.0800. The lowest BCUT2D eigenvalue weighted by Crippen LogP contribution is -2.63. The number of hydrogen-bond donors (Lipinski definition) is 0. The number of piperazine rings is 1. The van der Waals surface area contributed by atoms with Gasteiger partial charge in [-0.05, 0) is 99.8 Å². The van der Waals surface area contributed by atoms with Crippen LogP contribution in [0.5, 0.6) is 0 Å². The molecule has 7 rings (SSSR count). The van der Waals surface area contributed by atoms with Gasteiger partial charge in [0.1, 0.15) is 0 Å². The van der Waals surface area contributed by atoms with E-state index in [1.807, 2.05) is 0 Å². The van der Waals surface area contributed by atoms with Crippen LogP contribution in [0.3, 0.4) is 0 Å². The fraction of sp³-hybridized carbons (Fsp3) is 1.00. The molecule has 0 aromatic rings. The third-order valence-corrected chi connectivity index (χ3v) is 10.1. The van der Waals surface area contributed by atoms with Gasteiger partial charge in [-0.2, -0.15) is 0 Å². The molecule has 0 amide bonds. The fourth-order valence-electron chi connectivity index (χ4n) is 8.88. The van der Waals surface area contributed by atoms with Gasteiger partial charge in [-0.1, -0.05) is 19.3 Å². The predicted molar refractivity (Wildman–Crippen MR) is 107 cm³/mol. The molecular formula is C24H40N2. The van der Waals surface area contributed by atoms with E-state index in [-0.39, 0.29) is 0 Å². The molecule has 1 spiro atoms. The van der Waals surface area contributed by atoms with E-state index >= 15 is 0 Å². The Kier molecular flexibility index (Phi) is 4.19. The molecule has 2 heterocycles. The number of nitrogens with zero attached hydrogens (tertiary/aromatic N) is 2. The normalized spacial score (nSPS) is 48.5. The summed E-state index contributed by atoms with van der Waals surface area (Å²) in [7, 11) is 0. The SMILES string of the molecule is C1CCC2(CC1)CCC(C1CC3CC(C1)C3N1CCN3CCCC3C1)C2. The summed E-state index contributed by atoms with van der Waals surface area (Å²) in [6.45, 7) is 5.55. The lowest BCUT2D eigenvalue weighted by Gasteiger charge is -2.59. The molecule has 0 N–H and O–H groups in total. The van der Waals surface area contributed by atoms with E-state index < -0.39 is 0 Å². The van der Waals surface area contributed by atoms with Crippen molar-refractivity contribution in [3.05, 3.63) is 0 Å². The molecule has 2 bridgehead atoms. The summed E-state index contributed by atoms with van der Waals surface area (Å²) in [4.78, 5) is 5.76. The number of fused-ring (bicyclic) bond motifs is 3. The molecule has 2 nitrogen and oxygen atoms in total. The topological polar surface area (TPSA) is 6.48 Å². The fourth-order valence-corrected chi connectivity index (χ4v) is 8.88. The summed E-state index contributed by atoms with van der Waals surface area (Å²) in [6.07, 6.45) is 20.3. The molecule has 0 radical (unpaired) electrons. The van der Waals surface area contributed by atoms with Gasteiger partial charge in [-0.25, -0.2) is 0 Å². The highest BCUT2D eigenvalue weighted by molar-refractivity contribution is 5.06. The van der Waals surface area contributed by atoms with Crippen LogP contribution < -0.4 is 0 Å². The van der Waals surface area contributed by atoms with Crippen LogP contribution in [-0.2, 0) is 0 Å². The maximum atomic E-state index is 2.97. The maximum Gasteiger partial charge on any atom is 0.0224 e. The van der Waals surface area contributed by atoms with Gasteiger partial charge in [0.05, 0.1) is 0 Å². The molecule has 26 heavy (non-hydrogen) atoms. The van der Waals surface area contributed by atoms with Crippen molar-refractivity contribution < 1.29 is 0 Å². The molecular weight excluding hydrogens is 316 g/mol. The quantitative estimate of drug-likeness (QED) is 0.692. The van der Waals surface area contributed by atoms with Crippen LogP contribution in [-0.4, -0.2) is 48.1 Å². The van der Waals surface area contributed by atoms with E-state index in [2.05, 4.69) is 9.80 Å². The van der Waals surface area contributed by atoms with Gasteiger partial charge < -0.3 is 0 Å². The van der Waals surface area contributed by atoms with E-state index in [1.165, 1.54) is 58.3 Å². The first-order chi connectivity index (χ1) is 12.8. The van der Waals surface area contributed by atoms with Gasteiger partial charge in [-0.15, -0.1) is 0 Å². The second kappa shape index (κ2) is 6.48. The van der Waals surface area contributed by atoms with Crippen molar-refractivity contribution in [1.29, 1.82) is 0 Å². The van der Waals surface area contributed by atoms with Crippen molar-refractivity contribution >= 4 is 0 Å². The molecule has 0 aromatic heterocycles. The van der Waals surface area contributed by atoms with Crippen molar-refractivity contribution in [2.75, 3.05) is 26.2 Å². The Labute approximate surface area is 161 Å². The smallest absolute Gasteiger partial charge is 0.0224 e. The highest BCUT2D eigenvalue weighted by Gasteiger charge is 2.53. The van der Waals surface area contributed by atoms with Gasteiger partial charge >= 0.3 is 0 Å². The Balaban J connectivity index is 1.07. The lowest BCUT2D eigenvalue weighted by molar-refractivity contribution is -0.0905. The highest BCUT2D eigenvalue weighted by atomic mass is 15.3. The van der Waals surface area contributed by atoms with Gasteiger partial charge in [0.25, 0.3) is 0 Å². The Bertz CT molecular complexity index is 512. The molecule has 4 atom stereocenters. The molecule has 4 unspecified atom stereocenters. The van der Waals surface area contributed by atoms with Crippen LogP contribution in [0, 0.1) is 29.1 Å². The summed E-state index contributed by atoms with van der Waals surface area (Å²) < 4.78 is 0. The first kappa shape index (κ1) is 16.8. The third kappa shape index (κ3) is 2.72. The van der Waals surface area contributed by atoms with Gasteiger partial charge in [-0.3, -0.25) is 9.80 Å². The summed E-state index contributed by atoms with van der Waals surface area (Å²) in [5.74, 6) is 4.39. The van der Waals surface area contributed by atoms with Crippen molar-refractivity contribution in [1.82, 2.24) is 9.80 Å². The summed E-state index contributed by atoms with van der Waals surface area (Å²) >= 11 is 0. The zero-order valence-corrected chi connectivity index (χ0v) is 16.9. The monoisotopic (exact) mass is 356 g/mol. The lowest BCUT2D eigenvalue weighted by atomic mass is 9.54. The van der Waals surface area contributed by atoms with E-state index in [0.717, 1.165) is 41.2 Å². The number of hydrogen-bond acceptors (Lipinski definition) is 2. The van der Waals surface area contributed by atoms with Crippen LogP contribution in [0.25, 0.3) is 0 Å². The zero-order chi connectivity index (χ0) is 17.1. The van der Waals surface area contributed by atoms with Crippen molar-refractivity contribution in [2.24, 2.45) is 29.1 Å². The maximum absolute atomic E-state index is 2.97.